The molecule has 1 saturated heterocycles. The van der Waals surface area contributed by atoms with E-state index in [4.69, 9.17) is 28.9 Å². The van der Waals surface area contributed by atoms with E-state index in [0.717, 1.165) is 17.3 Å². The predicted octanol–water partition coefficient (Wildman–Crippen LogP) is 4.32. The van der Waals surface area contributed by atoms with Gasteiger partial charge in [-0.15, -0.1) is 0 Å². The Hall–Kier alpha value is -2.68. The van der Waals surface area contributed by atoms with Crippen molar-refractivity contribution in [2.24, 2.45) is 0 Å². The summed E-state index contributed by atoms with van der Waals surface area (Å²) in [5.74, 6) is -1.58. The Morgan fingerprint density at radius 1 is 1.03 bits per heavy atom. The first-order valence-corrected chi connectivity index (χ1v) is 11.1. The standard InChI is InChI=1S/C22H17ClN2O4S2/c23-15-8-3-1-6-13(15)12-25-16-9-4-2-7-14(16)18(20(25)28)19-21(29)24(22(30)31-19)11-5-10-17(26)27/h1-4,6-9H,5,10-12H2,(H,26,27). The van der Waals surface area contributed by atoms with Crippen LogP contribution in [0.15, 0.2) is 53.4 Å². The van der Waals surface area contributed by atoms with Gasteiger partial charge in [0.05, 0.1) is 22.7 Å². The summed E-state index contributed by atoms with van der Waals surface area (Å²) in [5.41, 5.74) is 2.50. The van der Waals surface area contributed by atoms with E-state index in [1.165, 1.54) is 4.90 Å². The average molecular weight is 473 g/mol. The number of rotatable bonds is 6. The van der Waals surface area contributed by atoms with Crippen LogP contribution < -0.4 is 4.90 Å². The van der Waals surface area contributed by atoms with Crippen molar-refractivity contribution < 1.29 is 19.5 Å². The summed E-state index contributed by atoms with van der Waals surface area (Å²) in [7, 11) is 0. The summed E-state index contributed by atoms with van der Waals surface area (Å²) < 4.78 is 0.327. The number of amides is 2. The van der Waals surface area contributed by atoms with Gasteiger partial charge in [-0.1, -0.05) is 72.0 Å². The molecule has 0 radical (unpaired) electrons. The number of nitrogens with zero attached hydrogens (tertiary/aromatic N) is 2. The second kappa shape index (κ2) is 8.82. The highest BCUT2D eigenvalue weighted by atomic mass is 35.5. The molecule has 0 aromatic heterocycles. The lowest BCUT2D eigenvalue weighted by Gasteiger charge is -2.18. The number of benzene rings is 2. The smallest absolute Gasteiger partial charge is 0.303 e. The Morgan fingerprint density at radius 3 is 2.48 bits per heavy atom. The van der Waals surface area contributed by atoms with Crippen molar-refractivity contribution in [1.29, 1.82) is 0 Å². The topological polar surface area (TPSA) is 77.9 Å². The maximum absolute atomic E-state index is 13.4. The van der Waals surface area contributed by atoms with Gasteiger partial charge in [-0.05, 0) is 24.1 Å². The van der Waals surface area contributed by atoms with Gasteiger partial charge in [-0.3, -0.25) is 19.3 Å². The molecule has 2 aromatic carbocycles. The lowest BCUT2D eigenvalue weighted by atomic mass is 10.1. The Balaban J connectivity index is 1.69. The number of hydrogen-bond acceptors (Lipinski definition) is 5. The van der Waals surface area contributed by atoms with Crippen LogP contribution >= 0.6 is 35.6 Å². The van der Waals surface area contributed by atoms with Crippen molar-refractivity contribution in [1.82, 2.24) is 4.90 Å². The van der Waals surface area contributed by atoms with Gasteiger partial charge in [0.25, 0.3) is 11.8 Å². The fourth-order valence-electron chi connectivity index (χ4n) is 3.58. The molecule has 0 aliphatic carbocycles. The Kier molecular flexibility index (Phi) is 6.13. The molecule has 0 atom stereocenters. The molecule has 2 aliphatic heterocycles. The van der Waals surface area contributed by atoms with Crippen LogP contribution in [0.4, 0.5) is 5.69 Å². The normalized spacial score (nSPS) is 18.2. The van der Waals surface area contributed by atoms with Gasteiger partial charge in [-0.25, -0.2) is 0 Å². The summed E-state index contributed by atoms with van der Waals surface area (Å²) in [4.78, 5) is 40.6. The van der Waals surface area contributed by atoms with Crippen molar-refractivity contribution >= 4 is 68.9 Å². The molecule has 2 amide bonds. The van der Waals surface area contributed by atoms with Crippen molar-refractivity contribution in [2.45, 2.75) is 19.4 Å². The summed E-state index contributed by atoms with van der Waals surface area (Å²) in [5, 5.41) is 9.41. The highest BCUT2D eigenvalue weighted by Gasteiger charge is 2.41. The number of hydrogen-bond donors (Lipinski definition) is 1. The molecule has 4 rings (SSSR count). The maximum atomic E-state index is 13.4. The zero-order valence-corrected chi connectivity index (χ0v) is 18.6. The number of aliphatic carboxylic acids is 1. The summed E-state index contributed by atoms with van der Waals surface area (Å²) >= 11 is 12.7. The molecule has 31 heavy (non-hydrogen) atoms. The third-order valence-electron chi connectivity index (χ3n) is 5.06. The highest BCUT2D eigenvalue weighted by Crippen LogP contribution is 2.45. The minimum absolute atomic E-state index is 0.0592. The molecular formula is C22H17ClN2O4S2. The van der Waals surface area contributed by atoms with Crippen LogP contribution in [0.2, 0.25) is 5.02 Å². The van der Waals surface area contributed by atoms with Gasteiger partial charge in [0.15, 0.2) is 0 Å². The van der Waals surface area contributed by atoms with Gasteiger partial charge in [0.2, 0.25) is 0 Å². The van der Waals surface area contributed by atoms with Crippen LogP contribution in [0.3, 0.4) is 0 Å². The number of halogens is 1. The first kappa shape index (κ1) is 21.5. The highest BCUT2D eigenvalue weighted by molar-refractivity contribution is 8.26. The number of para-hydroxylation sites is 1. The maximum Gasteiger partial charge on any atom is 0.303 e. The van der Waals surface area contributed by atoms with Crippen LogP contribution in [0.25, 0.3) is 5.57 Å². The molecule has 9 heteroatoms. The van der Waals surface area contributed by atoms with Gasteiger partial charge in [0.1, 0.15) is 4.32 Å². The third-order valence-corrected chi connectivity index (χ3v) is 6.88. The number of thiocarbonyl (C=S) groups is 1. The Labute approximate surface area is 193 Å². The molecule has 2 aromatic rings. The monoisotopic (exact) mass is 472 g/mol. The molecule has 6 nitrogen and oxygen atoms in total. The van der Waals surface area contributed by atoms with Crippen molar-refractivity contribution in [3.05, 3.63) is 69.6 Å². The number of anilines is 1. The quantitative estimate of drug-likeness (QED) is 0.498. The van der Waals surface area contributed by atoms with Gasteiger partial charge < -0.3 is 10.0 Å². The van der Waals surface area contributed by atoms with E-state index in [0.29, 0.717) is 26.2 Å². The fraction of sp³-hybridized carbons (Fsp3) is 0.182. The number of carbonyl (C=O) groups excluding carboxylic acids is 2. The van der Waals surface area contributed by atoms with Crippen molar-refractivity contribution in [3.63, 3.8) is 0 Å². The van der Waals surface area contributed by atoms with Gasteiger partial charge >= 0.3 is 5.97 Å². The average Bonchev–Trinajstić information content (AvgIpc) is 3.17. The number of carbonyl (C=O) groups is 3. The van der Waals surface area contributed by atoms with E-state index in [1.807, 2.05) is 42.5 Å². The Morgan fingerprint density at radius 2 is 1.74 bits per heavy atom. The number of carboxylic acids is 1. The summed E-state index contributed by atoms with van der Waals surface area (Å²) in [6.45, 7) is 0.477. The molecule has 2 aliphatic rings. The number of thioether (sulfide) groups is 1. The molecular weight excluding hydrogens is 456 g/mol. The number of fused-ring (bicyclic) bond motifs is 1. The minimum Gasteiger partial charge on any atom is -0.481 e. The van der Waals surface area contributed by atoms with Gasteiger partial charge in [-0.2, -0.15) is 0 Å². The van der Waals surface area contributed by atoms with Crippen LogP contribution in [-0.4, -0.2) is 38.7 Å². The molecule has 1 fully saturated rings. The first-order chi connectivity index (χ1) is 14.9. The summed E-state index contributed by atoms with van der Waals surface area (Å²) in [6.07, 6.45) is 0.226. The largest absolute Gasteiger partial charge is 0.481 e. The lowest BCUT2D eigenvalue weighted by molar-refractivity contribution is -0.137. The third kappa shape index (κ3) is 4.11. The van der Waals surface area contributed by atoms with Crippen LogP contribution in [-0.2, 0) is 20.9 Å². The molecule has 0 unspecified atom stereocenters. The van der Waals surface area contributed by atoms with E-state index < -0.39 is 5.97 Å². The lowest BCUT2D eigenvalue weighted by Crippen LogP contribution is -2.30. The minimum atomic E-state index is -0.932. The van der Waals surface area contributed by atoms with E-state index in [9.17, 15) is 14.4 Å². The van der Waals surface area contributed by atoms with Crippen molar-refractivity contribution in [3.8, 4) is 0 Å². The second-order valence-corrected chi connectivity index (χ2v) is 9.08. The molecule has 158 valence electrons. The van der Waals surface area contributed by atoms with E-state index in [1.54, 1.807) is 11.0 Å². The van der Waals surface area contributed by atoms with E-state index >= 15 is 0 Å². The first-order valence-electron chi connectivity index (χ1n) is 9.53. The molecule has 0 saturated carbocycles. The van der Waals surface area contributed by atoms with E-state index in [2.05, 4.69) is 0 Å². The number of carboxylic acid groups (broad SMARTS) is 1. The van der Waals surface area contributed by atoms with Crippen LogP contribution in [0.5, 0.6) is 0 Å². The second-order valence-electron chi connectivity index (χ2n) is 7.03. The summed E-state index contributed by atoms with van der Waals surface area (Å²) in [6, 6.07) is 14.6. The molecule has 2 heterocycles. The predicted molar refractivity (Wildman–Crippen MR) is 125 cm³/mol. The Bertz CT molecular complexity index is 1150. The van der Waals surface area contributed by atoms with Crippen LogP contribution in [0.1, 0.15) is 24.0 Å². The van der Waals surface area contributed by atoms with Gasteiger partial charge in [0, 0.05) is 23.6 Å². The molecule has 0 bridgehead atoms. The molecule has 1 N–H and O–H groups in total. The SMILES string of the molecule is O=C(O)CCCN1C(=O)C(=C2C(=O)N(Cc3ccccc3Cl)c3ccccc32)SC1=S. The zero-order valence-electron chi connectivity index (χ0n) is 16.2. The van der Waals surface area contributed by atoms with Crippen molar-refractivity contribution in [2.75, 3.05) is 11.4 Å². The van der Waals surface area contributed by atoms with E-state index in [-0.39, 0.29) is 42.7 Å². The zero-order chi connectivity index (χ0) is 22.1. The molecule has 0 spiro atoms. The van der Waals surface area contributed by atoms with Crippen LogP contribution in [0, 0.1) is 0 Å². The fourth-order valence-corrected chi connectivity index (χ4v) is 5.16.